The number of likely N-dealkylation sites (N-methyl/N-ethyl adjacent to an activating group) is 1. The van der Waals surface area contributed by atoms with Crippen LogP contribution in [0.4, 0.5) is 0 Å². The maximum atomic E-state index is 14.2. The molecule has 0 aliphatic carbocycles. The number of carbonyl (C=O) groups excluding carboxylic acids is 4. The van der Waals surface area contributed by atoms with E-state index in [1.54, 1.807) is 4.90 Å². The molecule has 3 amide bonds. The highest BCUT2D eigenvalue weighted by Crippen LogP contribution is 2.29. The highest BCUT2D eigenvalue weighted by molar-refractivity contribution is 7.09. The van der Waals surface area contributed by atoms with Gasteiger partial charge in [0.2, 0.25) is 11.8 Å². The van der Waals surface area contributed by atoms with E-state index >= 15 is 0 Å². The molecule has 48 heavy (non-hydrogen) atoms. The van der Waals surface area contributed by atoms with Gasteiger partial charge < -0.3 is 30.1 Å². The van der Waals surface area contributed by atoms with Crippen molar-refractivity contribution in [2.24, 2.45) is 11.8 Å². The Morgan fingerprint density at radius 3 is 2.42 bits per heavy atom. The third kappa shape index (κ3) is 10.6. The van der Waals surface area contributed by atoms with Gasteiger partial charge in [0.05, 0.1) is 13.2 Å². The number of likely N-dealkylation sites (tertiary alicyclic amines) is 1. The van der Waals surface area contributed by atoms with E-state index in [-0.39, 0.29) is 55.0 Å². The van der Waals surface area contributed by atoms with E-state index in [4.69, 9.17) is 9.47 Å². The molecule has 1 fully saturated rings. The van der Waals surface area contributed by atoms with Crippen LogP contribution >= 0.6 is 11.3 Å². The van der Waals surface area contributed by atoms with E-state index < -0.39 is 36.1 Å². The molecule has 0 bridgehead atoms. The minimum Gasteiger partial charge on any atom is -0.467 e. The number of esters is 1. The van der Waals surface area contributed by atoms with Gasteiger partial charge in [0.25, 0.3) is 5.91 Å². The molecule has 0 spiro atoms. The molecule has 2 aromatic rings. The third-order valence-corrected chi connectivity index (χ3v) is 10.1. The average Bonchev–Trinajstić information content (AvgIpc) is 3.59. The molecule has 13 heteroatoms. The first-order chi connectivity index (χ1) is 22.9. The molecule has 0 radical (unpaired) electrons. The topological polar surface area (TPSA) is 150 Å². The molecule has 3 N–H and O–H groups in total. The molecular weight excluding hydrogens is 634 g/mol. The summed E-state index contributed by atoms with van der Waals surface area (Å²) in [5.74, 6) is -1.79. The van der Waals surface area contributed by atoms with Crippen molar-refractivity contribution in [3.8, 4) is 0 Å². The van der Waals surface area contributed by atoms with E-state index in [1.165, 1.54) is 19.6 Å². The van der Waals surface area contributed by atoms with E-state index in [1.807, 2.05) is 70.0 Å². The third-order valence-electron chi connectivity index (χ3n) is 9.15. The van der Waals surface area contributed by atoms with Crippen LogP contribution < -0.4 is 10.6 Å². The number of amides is 3. The number of rotatable bonds is 17. The van der Waals surface area contributed by atoms with Crippen LogP contribution in [0.15, 0.2) is 35.7 Å². The first-order valence-electron chi connectivity index (χ1n) is 16.8. The van der Waals surface area contributed by atoms with Gasteiger partial charge in [-0.3, -0.25) is 19.3 Å². The van der Waals surface area contributed by atoms with E-state index in [2.05, 4.69) is 15.6 Å². The van der Waals surface area contributed by atoms with Gasteiger partial charge in [0.1, 0.15) is 35.6 Å². The normalized spacial score (nSPS) is 18.3. The molecule has 3 rings (SSSR count). The lowest BCUT2D eigenvalue weighted by molar-refractivity contribution is -0.148. The highest BCUT2D eigenvalue weighted by atomic mass is 32.1. The summed E-state index contributed by atoms with van der Waals surface area (Å²) in [5.41, 5.74) is 0.920. The summed E-state index contributed by atoms with van der Waals surface area (Å²) >= 11 is 1.12. The van der Waals surface area contributed by atoms with Crippen molar-refractivity contribution >= 4 is 35.0 Å². The Kier molecular flexibility index (Phi) is 15.4. The van der Waals surface area contributed by atoms with Crippen LogP contribution in [0.3, 0.4) is 0 Å². The van der Waals surface area contributed by atoms with Crippen LogP contribution in [-0.2, 0) is 30.3 Å². The van der Waals surface area contributed by atoms with E-state index in [0.29, 0.717) is 11.4 Å². The van der Waals surface area contributed by atoms with Crippen molar-refractivity contribution in [3.63, 3.8) is 0 Å². The maximum Gasteiger partial charge on any atom is 0.328 e. The Bertz CT molecular complexity index is 1340. The second kappa shape index (κ2) is 19.0. The summed E-state index contributed by atoms with van der Waals surface area (Å²) in [5, 5.41) is 19.0. The standard InChI is InChI=1S/C35H53N5O7S/c1-8-23(4)30(38-32(43)27-16-12-13-17-39(27)5)34(44)40(21-46-6)28(22(2)3)19-29(41)33-37-26(20-48-33)31(42)36-25(35(45)47-7)18-24-14-10-9-11-15-24/h9-11,14-15,20,22-23,25,27-30,41H,8,12-13,16-19,21H2,1-7H3,(H,36,42)(H,38,43)/t23-,25-,27+,28+,29+,30-/m0/s1. The fourth-order valence-electron chi connectivity index (χ4n) is 6.03. The number of methoxy groups -OCH3 is 2. The Morgan fingerprint density at radius 2 is 1.81 bits per heavy atom. The van der Waals surface area contributed by atoms with Crippen LogP contribution in [0.25, 0.3) is 0 Å². The lowest BCUT2D eigenvalue weighted by Crippen LogP contribution is -2.59. The molecule has 266 valence electrons. The number of benzene rings is 1. The fraction of sp³-hybridized carbons (Fsp3) is 0.629. The monoisotopic (exact) mass is 687 g/mol. The summed E-state index contributed by atoms with van der Waals surface area (Å²) < 4.78 is 10.4. The van der Waals surface area contributed by atoms with Gasteiger partial charge in [-0.25, -0.2) is 9.78 Å². The minimum absolute atomic E-state index is 0.0254. The summed E-state index contributed by atoms with van der Waals surface area (Å²) in [4.78, 5) is 61.3. The summed E-state index contributed by atoms with van der Waals surface area (Å²) in [6.45, 7) is 8.66. The highest BCUT2D eigenvalue weighted by Gasteiger charge is 2.38. The predicted molar refractivity (Wildman–Crippen MR) is 184 cm³/mol. The van der Waals surface area contributed by atoms with Gasteiger partial charge in [-0.1, -0.05) is 70.9 Å². The second-order valence-corrected chi connectivity index (χ2v) is 13.9. The SMILES string of the molecule is CC[C@H](C)[C@H](NC(=O)[C@H]1CCCCN1C)C(=O)N(COC)[C@H](C[C@@H](O)c1nc(C(=O)N[C@@H](Cc2ccccc2)C(=O)OC)cs1)C(C)C. The average molecular weight is 688 g/mol. The molecule has 2 heterocycles. The molecule has 1 saturated heterocycles. The quantitative estimate of drug-likeness (QED) is 0.168. The van der Waals surface area contributed by atoms with Crippen molar-refractivity contribution in [3.05, 3.63) is 52.0 Å². The van der Waals surface area contributed by atoms with Crippen molar-refractivity contribution in [2.45, 2.75) is 96.5 Å². The molecule has 1 aromatic heterocycles. The summed E-state index contributed by atoms with van der Waals surface area (Å²) in [7, 11) is 4.71. The van der Waals surface area contributed by atoms with Crippen LogP contribution in [0.2, 0.25) is 0 Å². The van der Waals surface area contributed by atoms with E-state index in [9.17, 15) is 24.3 Å². The number of carbonyl (C=O) groups is 4. The Hall–Kier alpha value is -3.39. The Morgan fingerprint density at radius 1 is 1.10 bits per heavy atom. The van der Waals surface area contributed by atoms with Crippen LogP contribution in [0.1, 0.15) is 87.0 Å². The number of hydrogen-bond acceptors (Lipinski definition) is 10. The number of aliphatic hydroxyl groups excluding tert-OH is 1. The van der Waals surface area contributed by atoms with Gasteiger partial charge in [-0.2, -0.15) is 0 Å². The van der Waals surface area contributed by atoms with Crippen molar-refractivity contribution in [1.82, 2.24) is 25.4 Å². The molecular formula is C35H53N5O7S. The number of aliphatic hydroxyl groups is 1. The van der Waals surface area contributed by atoms with Gasteiger partial charge in [0.15, 0.2) is 0 Å². The number of piperidine rings is 1. The number of ether oxygens (including phenoxy) is 2. The molecule has 1 aliphatic rings. The predicted octanol–water partition coefficient (Wildman–Crippen LogP) is 3.55. The molecule has 0 unspecified atom stereocenters. The van der Waals surface area contributed by atoms with Crippen molar-refractivity contribution in [2.75, 3.05) is 34.5 Å². The lowest BCUT2D eigenvalue weighted by Gasteiger charge is -2.39. The molecule has 1 aliphatic heterocycles. The number of thiazole rings is 1. The molecule has 12 nitrogen and oxygen atoms in total. The van der Waals surface area contributed by atoms with Gasteiger partial charge in [0, 0.05) is 31.4 Å². The summed E-state index contributed by atoms with van der Waals surface area (Å²) in [6, 6.07) is 6.84. The molecule has 1 aromatic carbocycles. The number of hydrogen-bond donors (Lipinski definition) is 3. The van der Waals surface area contributed by atoms with Crippen molar-refractivity contribution in [1.29, 1.82) is 0 Å². The lowest BCUT2D eigenvalue weighted by atomic mass is 9.92. The first kappa shape index (κ1) is 39.1. The first-order valence-corrected chi connectivity index (χ1v) is 17.7. The van der Waals surface area contributed by atoms with Crippen LogP contribution in [0, 0.1) is 11.8 Å². The van der Waals surface area contributed by atoms with Gasteiger partial charge in [-0.05, 0) is 43.8 Å². The smallest absolute Gasteiger partial charge is 0.328 e. The molecule has 0 saturated carbocycles. The largest absolute Gasteiger partial charge is 0.467 e. The number of nitrogens with zero attached hydrogens (tertiary/aromatic N) is 3. The van der Waals surface area contributed by atoms with Crippen LogP contribution in [0.5, 0.6) is 0 Å². The molecule has 6 atom stereocenters. The zero-order valence-corrected chi connectivity index (χ0v) is 30.1. The van der Waals surface area contributed by atoms with Crippen LogP contribution in [-0.4, -0.2) is 102 Å². The minimum atomic E-state index is -1.09. The Balaban J connectivity index is 1.76. The number of nitrogens with one attached hydrogen (secondary N) is 2. The van der Waals surface area contributed by atoms with E-state index in [0.717, 1.165) is 42.7 Å². The zero-order valence-electron chi connectivity index (χ0n) is 29.3. The second-order valence-electron chi connectivity index (χ2n) is 13.0. The summed E-state index contributed by atoms with van der Waals surface area (Å²) in [6.07, 6.45) is 2.72. The van der Waals surface area contributed by atoms with Crippen molar-refractivity contribution < 1.29 is 33.8 Å². The van der Waals surface area contributed by atoms with Gasteiger partial charge in [-0.15, -0.1) is 11.3 Å². The fourth-order valence-corrected chi connectivity index (χ4v) is 6.83. The van der Waals surface area contributed by atoms with Gasteiger partial charge >= 0.3 is 5.97 Å². The zero-order chi connectivity index (χ0) is 35.4. The number of aromatic nitrogens is 1. The maximum absolute atomic E-state index is 14.2. The Labute approximate surface area is 288 Å².